The van der Waals surface area contributed by atoms with E-state index in [-0.39, 0.29) is 5.92 Å². The first-order valence-electron chi connectivity index (χ1n) is 7.49. The maximum Gasteiger partial charge on any atom is 0.0655 e. The van der Waals surface area contributed by atoms with Gasteiger partial charge in [0.05, 0.1) is 6.07 Å². The van der Waals surface area contributed by atoms with Crippen LogP contribution >= 0.6 is 0 Å². The standard InChI is InChI=1S/C16H27N/c1-11-4-5-12(2)15(6-11)7-14-8-16(9-14)13(3)10-17/h11-16H,4-9H2,1-3H3/t11-,12+,13-,14?,15?,16?/m1/s1. The van der Waals surface area contributed by atoms with Gasteiger partial charge in [0.25, 0.3) is 0 Å². The van der Waals surface area contributed by atoms with E-state index >= 15 is 0 Å². The average Bonchev–Trinajstić information content (AvgIpc) is 2.26. The SMILES string of the molecule is C[C@@H]1CC[C@H](C)C(CC2CC([C@H](C)C#N)C2)C1. The van der Waals surface area contributed by atoms with Crippen LogP contribution in [0.3, 0.4) is 0 Å². The molecule has 0 radical (unpaired) electrons. The zero-order valence-corrected chi connectivity index (χ0v) is 11.7. The van der Waals surface area contributed by atoms with E-state index in [1.807, 2.05) is 0 Å². The minimum atomic E-state index is 0.286. The Kier molecular flexibility index (Phi) is 4.13. The molecule has 1 unspecified atom stereocenters. The number of nitrogens with zero attached hydrogens (tertiary/aromatic N) is 1. The van der Waals surface area contributed by atoms with Gasteiger partial charge >= 0.3 is 0 Å². The van der Waals surface area contributed by atoms with Gasteiger partial charge in [0.1, 0.15) is 0 Å². The molecule has 0 saturated heterocycles. The molecule has 0 aromatic carbocycles. The quantitative estimate of drug-likeness (QED) is 0.697. The maximum atomic E-state index is 8.90. The lowest BCUT2D eigenvalue weighted by Crippen LogP contribution is -2.32. The van der Waals surface area contributed by atoms with E-state index in [4.69, 9.17) is 5.26 Å². The fourth-order valence-electron chi connectivity index (χ4n) is 3.90. The van der Waals surface area contributed by atoms with Crippen molar-refractivity contribution in [1.82, 2.24) is 0 Å². The predicted molar refractivity (Wildman–Crippen MR) is 71.3 cm³/mol. The molecular formula is C16H27N. The van der Waals surface area contributed by atoms with Crippen LogP contribution < -0.4 is 0 Å². The van der Waals surface area contributed by atoms with Crippen LogP contribution in [0, 0.1) is 46.8 Å². The Labute approximate surface area is 107 Å². The van der Waals surface area contributed by atoms with Crippen molar-refractivity contribution in [2.24, 2.45) is 35.5 Å². The lowest BCUT2D eigenvalue weighted by atomic mass is 9.63. The molecule has 1 nitrogen and oxygen atoms in total. The smallest absolute Gasteiger partial charge is 0.0655 e. The molecule has 17 heavy (non-hydrogen) atoms. The van der Waals surface area contributed by atoms with Crippen LogP contribution in [0.1, 0.15) is 59.3 Å². The van der Waals surface area contributed by atoms with E-state index < -0.39 is 0 Å². The zero-order valence-electron chi connectivity index (χ0n) is 11.7. The number of nitriles is 1. The van der Waals surface area contributed by atoms with Crippen molar-refractivity contribution >= 4 is 0 Å². The summed E-state index contributed by atoms with van der Waals surface area (Å²) in [6.45, 7) is 6.96. The van der Waals surface area contributed by atoms with Crippen LogP contribution in [0.2, 0.25) is 0 Å². The molecule has 0 bridgehead atoms. The van der Waals surface area contributed by atoms with Crippen molar-refractivity contribution in [1.29, 1.82) is 5.26 Å². The minimum Gasteiger partial charge on any atom is -0.198 e. The summed E-state index contributed by atoms with van der Waals surface area (Å²) in [7, 11) is 0. The first-order chi connectivity index (χ1) is 8.10. The van der Waals surface area contributed by atoms with Gasteiger partial charge in [-0.1, -0.05) is 26.7 Å². The van der Waals surface area contributed by atoms with Gasteiger partial charge < -0.3 is 0 Å². The Bertz CT molecular complexity index is 284. The molecule has 96 valence electrons. The summed E-state index contributed by atoms with van der Waals surface area (Å²) in [5.74, 6) is 4.80. The summed E-state index contributed by atoms with van der Waals surface area (Å²) in [6, 6.07) is 2.41. The Morgan fingerprint density at radius 2 is 1.88 bits per heavy atom. The monoisotopic (exact) mass is 233 g/mol. The van der Waals surface area contributed by atoms with Gasteiger partial charge in [0.15, 0.2) is 0 Å². The first-order valence-corrected chi connectivity index (χ1v) is 7.49. The molecule has 2 aliphatic carbocycles. The molecule has 0 heterocycles. The summed E-state index contributed by atoms with van der Waals surface area (Å²) in [5, 5.41) is 8.90. The molecule has 4 atom stereocenters. The van der Waals surface area contributed by atoms with Crippen molar-refractivity contribution in [3.05, 3.63) is 0 Å². The lowest BCUT2D eigenvalue weighted by molar-refractivity contribution is 0.0909. The van der Waals surface area contributed by atoms with Crippen LogP contribution in [-0.4, -0.2) is 0 Å². The first kappa shape index (κ1) is 12.9. The summed E-state index contributed by atoms with van der Waals surface area (Å²) in [6.07, 6.45) is 8.43. The van der Waals surface area contributed by atoms with Crippen molar-refractivity contribution in [3.63, 3.8) is 0 Å². The van der Waals surface area contributed by atoms with Crippen LogP contribution in [0.5, 0.6) is 0 Å². The summed E-state index contributed by atoms with van der Waals surface area (Å²) in [4.78, 5) is 0. The third-order valence-corrected chi connectivity index (χ3v) is 5.44. The van der Waals surface area contributed by atoms with Gasteiger partial charge in [-0.25, -0.2) is 0 Å². The third kappa shape index (κ3) is 3.03. The number of hydrogen-bond donors (Lipinski definition) is 0. The zero-order chi connectivity index (χ0) is 12.4. The lowest BCUT2D eigenvalue weighted by Gasteiger charge is -2.42. The van der Waals surface area contributed by atoms with Crippen molar-refractivity contribution in [2.45, 2.75) is 59.3 Å². The van der Waals surface area contributed by atoms with Gasteiger partial charge in [-0.15, -0.1) is 0 Å². The van der Waals surface area contributed by atoms with Gasteiger partial charge in [-0.05, 0) is 62.2 Å². The van der Waals surface area contributed by atoms with E-state index in [0.717, 1.165) is 23.7 Å². The second-order valence-electron chi connectivity index (χ2n) is 6.91. The highest BCUT2D eigenvalue weighted by Gasteiger charge is 2.36. The number of rotatable bonds is 3. The molecular weight excluding hydrogens is 206 g/mol. The third-order valence-electron chi connectivity index (χ3n) is 5.44. The van der Waals surface area contributed by atoms with Crippen molar-refractivity contribution in [2.75, 3.05) is 0 Å². The molecule has 2 fully saturated rings. The Balaban J connectivity index is 1.74. The Hall–Kier alpha value is -0.510. The van der Waals surface area contributed by atoms with Crippen LogP contribution in [0.4, 0.5) is 0 Å². The van der Waals surface area contributed by atoms with Gasteiger partial charge in [-0.3, -0.25) is 0 Å². The summed E-state index contributed by atoms with van der Waals surface area (Å²) >= 11 is 0. The molecule has 0 spiro atoms. The van der Waals surface area contributed by atoms with E-state index in [1.165, 1.54) is 38.5 Å². The highest BCUT2D eigenvalue weighted by molar-refractivity contribution is 4.93. The number of hydrogen-bond acceptors (Lipinski definition) is 1. The van der Waals surface area contributed by atoms with Crippen LogP contribution in [0.25, 0.3) is 0 Å². The van der Waals surface area contributed by atoms with Crippen LogP contribution in [-0.2, 0) is 0 Å². The second-order valence-corrected chi connectivity index (χ2v) is 6.91. The highest BCUT2D eigenvalue weighted by Crippen LogP contribution is 2.46. The van der Waals surface area contributed by atoms with Crippen LogP contribution in [0.15, 0.2) is 0 Å². The van der Waals surface area contributed by atoms with E-state index in [1.54, 1.807) is 0 Å². The Morgan fingerprint density at radius 3 is 2.53 bits per heavy atom. The van der Waals surface area contributed by atoms with E-state index in [0.29, 0.717) is 5.92 Å². The summed E-state index contributed by atoms with van der Waals surface area (Å²) < 4.78 is 0. The Morgan fingerprint density at radius 1 is 1.18 bits per heavy atom. The van der Waals surface area contributed by atoms with Gasteiger partial charge in [0, 0.05) is 5.92 Å². The van der Waals surface area contributed by atoms with Gasteiger partial charge in [-0.2, -0.15) is 5.26 Å². The molecule has 0 aromatic heterocycles. The fraction of sp³-hybridized carbons (Fsp3) is 0.938. The molecule has 0 amide bonds. The fourth-order valence-corrected chi connectivity index (χ4v) is 3.90. The topological polar surface area (TPSA) is 23.8 Å². The van der Waals surface area contributed by atoms with Gasteiger partial charge in [0.2, 0.25) is 0 Å². The minimum absolute atomic E-state index is 0.286. The summed E-state index contributed by atoms with van der Waals surface area (Å²) in [5.41, 5.74) is 0. The highest BCUT2D eigenvalue weighted by atomic mass is 14.4. The van der Waals surface area contributed by atoms with Crippen molar-refractivity contribution in [3.8, 4) is 6.07 Å². The normalized spacial score (nSPS) is 43.5. The van der Waals surface area contributed by atoms with E-state index in [9.17, 15) is 0 Å². The molecule has 0 aliphatic heterocycles. The molecule has 1 heteroatoms. The molecule has 0 N–H and O–H groups in total. The molecule has 2 saturated carbocycles. The van der Waals surface area contributed by atoms with E-state index in [2.05, 4.69) is 26.8 Å². The largest absolute Gasteiger partial charge is 0.198 e. The molecule has 0 aromatic rings. The van der Waals surface area contributed by atoms with Crippen molar-refractivity contribution < 1.29 is 0 Å². The average molecular weight is 233 g/mol. The molecule has 2 aliphatic rings. The predicted octanol–water partition coefficient (Wildman–Crippen LogP) is 4.63. The maximum absolute atomic E-state index is 8.90. The molecule has 2 rings (SSSR count). The second kappa shape index (κ2) is 5.42.